The molecule has 2 heterocycles. The number of aryl methyl sites for hydroxylation is 1. The fourth-order valence-corrected chi connectivity index (χ4v) is 6.56. The van der Waals surface area contributed by atoms with Gasteiger partial charge in [-0.2, -0.15) is 0 Å². The van der Waals surface area contributed by atoms with E-state index in [9.17, 15) is 4.79 Å². The molecule has 1 aromatic rings. The van der Waals surface area contributed by atoms with Crippen molar-refractivity contribution in [1.82, 2.24) is 10.2 Å². The van der Waals surface area contributed by atoms with Gasteiger partial charge in [0, 0.05) is 24.5 Å². The van der Waals surface area contributed by atoms with Gasteiger partial charge in [0.2, 0.25) is 5.91 Å². The Balaban J connectivity index is 1.14. The van der Waals surface area contributed by atoms with E-state index in [1.807, 2.05) is 0 Å². The third-order valence-corrected chi connectivity index (χ3v) is 8.54. The van der Waals surface area contributed by atoms with Crippen LogP contribution in [-0.2, 0) is 4.79 Å². The van der Waals surface area contributed by atoms with Crippen molar-refractivity contribution in [2.75, 3.05) is 19.6 Å². The average Bonchev–Trinajstić information content (AvgIpc) is 3.11. The predicted molar refractivity (Wildman–Crippen MR) is 109 cm³/mol. The minimum atomic E-state index is 0.300. The van der Waals surface area contributed by atoms with Gasteiger partial charge in [-0.3, -0.25) is 4.79 Å². The molecule has 2 spiro atoms. The molecule has 27 heavy (non-hydrogen) atoms. The van der Waals surface area contributed by atoms with E-state index in [2.05, 4.69) is 42.3 Å². The number of benzene rings is 1. The summed E-state index contributed by atoms with van der Waals surface area (Å²) in [4.78, 5) is 15.1. The van der Waals surface area contributed by atoms with Crippen LogP contribution in [-0.4, -0.2) is 36.0 Å². The monoisotopic (exact) mass is 366 g/mol. The molecule has 0 radical (unpaired) electrons. The molecule has 0 unspecified atom stereocenters. The molecule has 2 saturated carbocycles. The number of nitrogens with one attached hydrogen (secondary N) is 1. The summed E-state index contributed by atoms with van der Waals surface area (Å²) in [5.41, 5.74) is 5.34. The minimum absolute atomic E-state index is 0.300. The van der Waals surface area contributed by atoms with Crippen LogP contribution in [0.4, 0.5) is 0 Å². The molecule has 0 aromatic heterocycles. The number of hydrogen-bond acceptors (Lipinski definition) is 2. The molecule has 0 atom stereocenters. The first kappa shape index (κ1) is 17.7. The van der Waals surface area contributed by atoms with Crippen LogP contribution >= 0.6 is 0 Å². The summed E-state index contributed by atoms with van der Waals surface area (Å²) in [5.74, 6) is 1.50. The Hall–Kier alpha value is -1.35. The van der Waals surface area contributed by atoms with Crippen LogP contribution in [0.2, 0.25) is 0 Å². The van der Waals surface area contributed by atoms with Crippen LogP contribution < -0.4 is 5.32 Å². The smallest absolute Gasteiger partial charge is 0.225 e. The molecule has 5 rings (SSSR count). The van der Waals surface area contributed by atoms with Gasteiger partial charge < -0.3 is 10.2 Å². The molecule has 2 aliphatic heterocycles. The van der Waals surface area contributed by atoms with Crippen molar-refractivity contribution in [2.45, 2.75) is 76.7 Å². The lowest BCUT2D eigenvalue weighted by atomic mass is 9.55. The summed E-state index contributed by atoms with van der Waals surface area (Å²) in [6.45, 7) is 7.64. The lowest BCUT2D eigenvalue weighted by molar-refractivity contribution is -0.144. The van der Waals surface area contributed by atoms with E-state index >= 15 is 0 Å². The highest BCUT2D eigenvalue weighted by Gasteiger charge is 2.51. The van der Waals surface area contributed by atoms with Gasteiger partial charge >= 0.3 is 0 Å². The highest BCUT2D eigenvalue weighted by atomic mass is 16.2. The van der Waals surface area contributed by atoms with E-state index in [0.717, 1.165) is 38.4 Å². The Morgan fingerprint density at radius 2 is 1.81 bits per heavy atom. The lowest BCUT2D eigenvalue weighted by Crippen LogP contribution is -2.57. The maximum atomic E-state index is 12.9. The summed E-state index contributed by atoms with van der Waals surface area (Å²) >= 11 is 0. The molecule has 0 bridgehead atoms. The average molecular weight is 367 g/mol. The molecule has 4 aliphatic rings. The molecule has 3 heteroatoms. The number of likely N-dealkylation sites (tertiary alicyclic amines) is 1. The number of carbonyl (C=O) groups is 1. The minimum Gasteiger partial charge on any atom is -0.342 e. The number of piperidine rings is 1. The van der Waals surface area contributed by atoms with Crippen molar-refractivity contribution in [2.24, 2.45) is 11.3 Å². The number of carbonyl (C=O) groups excluding carboxylic acids is 1. The molecule has 1 amide bonds. The number of hydrogen-bond donors (Lipinski definition) is 1. The van der Waals surface area contributed by atoms with Gasteiger partial charge in [-0.1, -0.05) is 18.2 Å². The molecular weight excluding hydrogens is 332 g/mol. The maximum Gasteiger partial charge on any atom is 0.225 e. The second-order valence-corrected chi connectivity index (χ2v) is 10.1. The zero-order valence-corrected chi connectivity index (χ0v) is 17.0. The Morgan fingerprint density at radius 3 is 2.48 bits per heavy atom. The number of amides is 1. The first-order valence-electron chi connectivity index (χ1n) is 11.1. The number of rotatable bonds is 2. The Morgan fingerprint density at radius 1 is 1.07 bits per heavy atom. The van der Waals surface area contributed by atoms with Crippen molar-refractivity contribution < 1.29 is 4.79 Å². The third kappa shape index (κ3) is 2.93. The van der Waals surface area contributed by atoms with Crippen LogP contribution in [0.15, 0.2) is 18.2 Å². The standard InChI is InChI=1S/C24H34N2O/c1-17-5-3-6-21(18(17)2)19-13-23(14-19)8-11-26(12-9-23)22(27)20-15-24(16-20)7-4-10-25-24/h3,5-6,19-20,25H,4,7-16H2,1-2H3. The van der Waals surface area contributed by atoms with E-state index < -0.39 is 0 Å². The lowest BCUT2D eigenvalue weighted by Gasteiger charge is -2.54. The van der Waals surface area contributed by atoms with Crippen LogP contribution in [0.1, 0.15) is 74.0 Å². The van der Waals surface area contributed by atoms with Crippen LogP contribution in [0, 0.1) is 25.2 Å². The first-order chi connectivity index (χ1) is 13.0. The van der Waals surface area contributed by atoms with Crippen LogP contribution in [0.25, 0.3) is 0 Å². The fourth-order valence-electron chi connectivity index (χ4n) is 6.56. The summed E-state index contributed by atoms with van der Waals surface area (Å²) in [6, 6.07) is 6.78. The van der Waals surface area contributed by atoms with E-state index in [4.69, 9.17) is 0 Å². The molecule has 2 saturated heterocycles. The van der Waals surface area contributed by atoms with Crippen molar-refractivity contribution in [3.63, 3.8) is 0 Å². The van der Waals surface area contributed by atoms with Crippen molar-refractivity contribution >= 4 is 5.91 Å². The molecule has 1 N–H and O–H groups in total. The molecule has 146 valence electrons. The Bertz CT molecular complexity index is 725. The maximum absolute atomic E-state index is 12.9. The summed E-state index contributed by atoms with van der Waals surface area (Å²) in [7, 11) is 0. The third-order valence-electron chi connectivity index (χ3n) is 8.54. The van der Waals surface area contributed by atoms with Gasteiger partial charge in [-0.25, -0.2) is 0 Å². The highest BCUT2D eigenvalue weighted by molar-refractivity contribution is 5.80. The molecule has 3 nitrogen and oxygen atoms in total. The predicted octanol–water partition coefficient (Wildman–Crippen LogP) is 4.32. The highest BCUT2D eigenvalue weighted by Crippen LogP contribution is 2.57. The van der Waals surface area contributed by atoms with Gasteiger partial charge in [0.1, 0.15) is 0 Å². The second-order valence-electron chi connectivity index (χ2n) is 10.1. The largest absolute Gasteiger partial charge is 0.342 e. The van der Waals surface area contributed by atoms with Gasteiger partial charge in [-0.05, 0) is 99.8 Å². The van der Waals surface area contributed by atoms with E-state index in [1.54, 1.807) is 5.56 Å². The quantitative estimate of drug-likeness (QED) is 0.845. The summed E-state index contributed by atoms with van der Waals surface area (Å²) in [6.07, 6.45) is 9.83. The molecule has 2 aliphatic carbocycles. The summed E-state index contributed by atoms with van der Waals surface area (Å²) < 4.78 is 0. The van der Waals surface area contributed by atoms with E-state index in [-0.39, 0.29) is 0 Å². The van der Waals surface area contributed by atoms with Gasteiger partial charge in [0.25, 0.3) is 0 Å². The van der Waals surface area contributed by atoms with Gasteiger partial charge in [0.15, 0.2) is 0 Å². The SMILES string of the molecule is Cc1cccc(C2CC3(CCN(C(=O)C4CC5(CCCN5)C4)CC3)C2)c1C. The topological polar surface area (TPSA) is 32.3 Å². The fraction of sp³-hybridized carbons (Fsp3) is 0.708. The van der Waals surface area contributed by atoms with Gasteiger partial charge in [-0.15, -0.1) is 0 Å². The van der Waals surface area contributed by atoms with Crippen LogP contribution in [0.5, 0.6) is 0 Å². The van der Waals surface area contributed by atoms with E-state index in [0.29, 0.717) is 22.8 Å². The first-order valence-corrected chi connectivity index (χ1v) is 11.1. The Labute approximate surface area is 163 Å². The molecule has 1 aromatic carbocycles. The zero-order chi connectivity index (χ0) is 18.6. The van der Waals surface area contributed by atoms with Crippen molar-refractivity contribution in [3.8, 4) is 0 Å². The van der Waals surface area contributed by atoms with E-state index in [1.165, 1.54) is 49.7 Å². The van der Waals surface area contributed by atoms with Crippen molar-refractivity contribution in [1.29, 1.82) is 0 Å². The Kier molecular flexibility index (Phi) is 4.16. The second kappa shape index (κ2) is 6.34. The molecular formula is C24H34N2O. The normalized spacial score (nSPS) is 29.0. The van der Waals surface area contributed by atoms with Crippen LogP contribution in [0.3, 0.4) is 0 Å². The van der Waals surface area contributed by atoms with Gasteiger partial charge in [0.05, 0.1) is 0 Å². The zero-order valence-electron chi connectivity index (χ0n) is 17.0. The summed E-state index contributed by atoms with van der Waals surface area (Å²) in [5, 5.41) is 3.65. The van der Waals surface area contributed by atoms with Crippen molar-refractivity contribution in [3.05, 3.63) is 34.9 Å². The molecule has 4 fully saturated rings. The number of nitrogens with zero attached hydrogens (tertiary/aromatic N) is 1.